The lowest BCUT2D eigenvalue weighted by Gasteiger charge is -2.07. The van der Waals surface area contributed by atoms with Crippen LogP contribution in [0.15, 0.2) is 60.7 Å². The van der Waals surface area contributed by atoms with Crippen LogP contribution in [0.25, 0.3) is 28.2 Å². The summed E-state index contributed by atoms with van der Waals surface area (Å²) >= 11 is 0. The second kappa shape index (κ2) is 6.38. The topological polar surface area (TPSA) is 75.0 Å². The van der Waals surface area contributed by atoms with E-state index in [-0.39, 0.29) is 6.79 Å². The second-order valence-electron chi connectivity index (χ2n) is 6.25. The molecule has 0 aliphatic carbocycles. The average molecular weight is 373 g/mol. The summed E-state index contributed by atoms with van der Waals surface area (Å²) < 4.78 is 17.3. The molecule has 0 saturated heterocycles. The molecule has 0 radical (unpaired) electrons. The summed E-state index contributed by atoms with van der Waals surface area (Å²) in [6.45, 7) is 0.196. The Morgan fingerprint density at radius 3 is 2.61 bits per heavy atom. The van der Waals surface area contributed by atoms with E-state index in [1.807, 2.05) is 54.6 Å². The van der Waals surface area contributed by atoms with E-state index >= 15 is 0 Å². The lowest BCUT2D eigenvalue weighted by molar-refractivity contribution is 0.0590. The summed E-state index contributed by atoms with van der Waals surface area (Å²) in [6.07, 6.45) is 0. The minimum absolute atomic E-state index is 0.196. The number of carbonyl (C=O) groups excluding carboxylic acids is 1. The van der Waals surface area contributed by atoms with Gasteiger partial charge in [-0.1, -0.05) is 30.3 Å². The Labute approximate surface area is 160 Å². The van der Waals surface area contributed by atoms with Crippen LogP contribution in [-0.4, -0.2) is 34.5 Å². The average Bonchev–Trinajstić information content (AvgIpc) is 3.39. The van der Waals surface area contributed by atoms with Gasteiger partial charge in [-0.25, -0.2) is 14.3 Å². The minimum atomic E-state index is -0.489. The number of hydrogen-bond acceptors (Lipinski definition) is 6. The van der Waals surface area contributed by atoms with Crippen molar-refractivity contribution < 1.29 is 19.0 Å². The fourth-order valence-corrected chi connectivity index (χ4v) is 3.18. The van der Waals surface area contributed by atoms with Crippen LogP contribution in [0, 0.1) is 0 Å². The van der Waals surface area contributed by atoms with Gasteiger partial charge in [-0.2, -0.15) is 5.10 Å². The number of esters is 1. The molecule has 7 nitrogen and oxygen atoms in total. The van der Waals surface area contributed by atoms with Gasteiger partial charge in [-0.15, -0.1) is 0 Å². The zero-order valence-corrected chi connectivity index (χ0v) is 15.0. The molecule has 1 aliphatic heterocycles. The first-order valence-electron chi connectivity index (χ1n) is 8.67. The quantitative estimate of drug-likeness (QED) is 0.511. The molecular weight excluding hydrogens is 358 g/mol. The lowest BCUT2D eigenvalue weighted by atomic mass is 10.1. The van der Waals surface area contributed by atoms with Crippen molar-refractivity contribution in [3.05, 3.63) is 66.4 Å². The lowest BCUT2D eigenvalue weighted by Crippen LogP contribution is -2.10. The van der Waals surface area contributed by atoms with E-state index in [0.717, 1.165) is 16.8 Å². The van der Waals surface area contributed by atoms with E-state index in [0.29, 0.717) is 28.5 Å². The number of benzene rings is 2. The van der Waals surface area contributed by atoms with Crippen LogP contribution in [0.5, 0.6) is 11.5 Å². The fraction of sp³-hybridized carbons (Fsp3) is 0.0952. The monoisotopic (exact) mass is 373 g/mol. The Morgan fingerprint density at radius 1 is 0.964 bits per heavy atom. The summed E-state index contributed by atoms with van der Waals surface area (Å²) in [4.78, 5) is 17.1. The van der Waals surface area contributed by atoms with Crippen LogP contribution < -0.4 is 9.47 Å². The molecule has 1 aliphatic rings. The zero-order valence-electron chi connectivity index (χ0n) is 15.0. The third-order valence-corrected chi connectivity index (χ3v) is 4.56. The van der Waals surface area contributed by atoms with Crippen molar-refractivity contribution >= 4 is 11.6 Å². The molecular formula is C21H15N3O4. The van der Waals surface area contributed by atoms with Crippen LogP contribution in [0.3, 0.4) is 0 Å². The number of nitrogens with zero attached hydrogens (tertiary/aromatic N) is 3. The molecule has 2 aromatic carbocycles. The van der Waals surface area contributed by atoms with Gasteiger partial charge in [-0.05, 0) is 24.3 Å². The molecule has 0 N–H and O–H groups in total. The van der Waals surface area contributed by atoms with E-state index in [1.54, 1.807) is 6.07 Å². The molecule has 0 unspecified atom stereocenters. The highest BCUT2D eigenvalue weighted by Gasteiger charge is 2.19. The van der Waals surface area contributed by atoms with Gasteiger partial charge in [0, 0.05) is 17.2 Å². The first-order valence-corrected chi connectivity index (χ1v) is 8.67. The number of rotatable bonds is 3. The summed E-state index contributed by atoms with van der Waals surface area (Å²) in [5, 5.41) is 4.55. The van der Waals surface area contributed by atoms with Gasteiger partial charge in [0.25, 0.3) is 0 Å². The third-order valence-electron chi connectivity index (χ3n) is 4.56. The van der Waals surface area contributed by atoms with Crippen molar-refractivity contribution in [2.75, 3.05) is 13.9 Å². The van der Waals surface area contributed by atoms with E-state index in [4.69, 9.17) is 19.2 Å². The van der Waals surface area contributed by atoms with E-state index < -0.39 is 5.97 Å². The molecule has 2 aromatic heterocycles. The molecule has 0 amide bonds. The molecule has 0 saturated carbocycles. The van der Waals surface area contributed by atoms with Crippen molar-refractivity contribution in [2.45, 2.75) is 0 Å². The maximum Gasteiger partial charge on any atom is 0.356 e. The molecule has 0 spiro atoms. The Balaban J connectivity index is 1.69. The van der Waals surface area contributed by atoms with Gasteiger partial charge in [-0.3, -0.25) is 0 Å². The molecule has 0 bridgehead atoms. The summed E-state index contributed by atoms with van der Waals surface area (Å²) in [7, 11) is 1.34. The van der Waals surface area contributed by atoms with E-state index in [9.17, 15) is 4.79 Å². The van der Waals surface area contributed by atoms with Gasteiger partial charge < -0.3 is 14.2 Å². The van der Waals surface area contributed by atoms with Gasteiger partial charge in [0.05, 0.1) is 18.5 Å². The number of fused-ring (bicyclic) bond motifs is 2. The van der Waals surface area contributed by atoms with Crippen LogP contribution in [0.2, 0.25) is 0 Å². The largest absolute Gasteiger partial charge is 0.464 e. The molecule has 3 heterocycles. The number of carbonyl (C=O) groups is 1. The molecule has 0 fully saturated rings. The molecule has 7 heteroatoms. The number of aromatic nitrogens is 3. The van der Waals surface area contributed by atoms with Crippen molar-refractivity contribution in [3.63, 3.8) is 0 Å². The van der Waals surface area contributed by atoms with E-state index in [1.165, 1.54) is 11.6 Å². The Morgan fingerprint density at radius 2 is 1.79 bits per heavy atom. The smallest absolute Gasteiger partial charge is 0.356 e. The standard InChI is InChI=1S/C21H15N3O4/c1-26-21(25)17-10-15(14-7-8-18-19(9-14)28-12-27-18)22-20-11-16(23-24(17)20)13-5-3-2-4-6-13/h2-11H,12H2,1H3. The van der Waals surface area contributed by atoms with Crippen molar-refractivity contribution in [2.24, 2.45) is 0 Å². The van der Waals surface area contributed by atoms with Crippen LogP contribution in [0.4, 0.5) is 0 Å². The zero-order chi connectivity index (χ0) is 19.1. The SMILES string of the molecule is COC(=O)c1cc(-c2ccc3c(c2)OCO3)nc2cc(-c3ccccc3)nn12. The maximum absolute atomic E-state index is 12.4. The second-order valence-corrected chi connectivity index (χ2v) is 6.25. The Bertz CT molecular complexity index is 1200. The number of ether oxygens (including phenoxy) is 3. The summed E-state index contributed by atoms with van der Waals surface area (Å²) in [5.41, 5.74) is 3.93. The molecule has 138 valence electrons. The normalized spacial score (nSPS) is 12.3. The highest BCUT2D eigenvalue weighted by Crippen LogP contribution is 2.36. The van der Waals surface area contributed by atoms with E-state index in [2.05, 4.69) is 5.10 Å². The Hall–Kier alpha value is -3.87. The van der Waals surface area contributed by atoms with Gasteiger partial charge in [0.1, 0.15) is 0 Å². The van der Waals surface area contributed by atoms with Gasteiger partial charge in [0.2, 0.25) is 6.79 Å². The third kappa shape index (κ3) is 2.64. The van der Waals surface area contributed by atoms with Crippen LogP contribution in [-0.2, 0) is 4.74 Å². The number of hydrogen-bond donors (Lipinski definition) is 0. The first kappa shape index (κ1) is 16.3. The van der Waals surface area contributed by atoms with Crippen LogP contribution >= 0.6 is 0 Å². The predicted molar refractivity (Wildman–Crippen MR) is 101 cm³/mol. The first-order chi connectivity index (χ1) is 13.7. The fourth-order valence-electron chi connectivity index (χ4n) is 3.18. The van der Waals surface area contributed by atoms with Gasteiger partial charge >= 0.3 is 5.97 Å². The molecule has 4 aromatic rings. The van der Waals surface area contributed by atoms with Gasteiger partial charge in [0.15, 0.2) is 22.8 Å². The molecule has 0 atom stereocenters. The Kier molecular flexibility index (Phi) is 3.72. The maximum atomic E-state index is 12.4. The van der Waals surface area contributed by atoms with Crippen molar-refractivity contribution in [1.82, 2.24) is 14.6 Å². The number of methoxy groups -OCH3 is 1. The summed E-state index contributed by atoms with van der Waals surface area (Å²) in [6, 6.07) is 18.8. The molecule has 28 heavy (non-hydrogen) atoms. The predicted octanol–water partition coefficient (Wildman–Crippen LogP) is 3.58. The van der Waals surface area contributed by atoms with Crippen LogP contribution in [0.1, 0.15) is 10.5 Å². The highest BCUT2D eigenvalue weighted by atomic mass is 16.7. The minimum Gasteiger partial charge on any atom is -0.464 e. The summed E-state index contributed by atoms with van der Waals surface area (Å²) in [5.74, 6) is 0.850. The molecule has 5 rings (SSSR count). The highest BCUT2D eigenvalue weighted by molar-refractivity contribution is 5.90. The van der Waals surface area contributed by atoms with Crippen molar-refractivity contribution in [1.29, 1.82) is 0 Å². The van der Waals surface area contributed by atoms with Crippen molar-refractivity contribution in [3.8, 4) is 34.0 Å².